The fraction of sp³-hybridized carbons (Fsp3) is 0.333. The molecule has 0 unspecified atom stereocenters. The molecule has 0 fully saturated rings. The van der Waals surface area contributed by atoms with Gasteiger partial charge >= 0.3 is 0 Å². The quantitative estimate of drug-likeness (QED) is 0.626. The second kappa shape index (κ2) is 2.54. The molecular formula is C6H7BrN2O. The lowest BCUT2D eigenvalue weighted by molar-refractivity contribution is 0.813. The van der Waals surface area contributed by atoms with E-state index in [9.17, 15) is 4.79 Å². The normalized spacial score (nSPS) is 9.90. The molecule has 1 rings (SSSR count). The fourth-order valence-corrected chi connectivity index (χ4v) is 1.28. The maximum absolute atomic E-state index is 11.0. The Balaban J connectivity index is 3.46. The van der Waals surface area contributed by atoms with Crippen LogP contribution in [0.15, 0.2) is 15.6 Å². The summed E-state index contributed by atoms with van der Waals surface area (Å²) in [7, 11) is 1.70. The first-order valence-corrected chi connectivity index (χ1v) is 3.60. The van der Waals surface area contributed by atoms with Crippen molar-refractivity contribution in [2.75, 3.05) is 0 Å². The number of hydrogen-bond donors (Lipinski definition) is 0. The maximum Gasteiger partial charge on any atom is 0.271 e. The Morgan fingerprint density at radius 1 is 1.70 bits per heavy atom. The van der Waals surface area contributed by atoms with Crippen LogP contribution in [0.3, 0.4) is 0 Å². The van der Waals surface area contributed by atoms with E-state index < -0.39 is 0 Å². The average molecular weight is 203 g/mol. The van der Waals surface area contributed by atoms with E-state index in [2.05, 4.69) is 20.9 Å². The third-order valence-electron chi connectivity index (χ3n) is 1.20. The zero-order valence-corrected chi connectivity index (χ0v) is 7.34. The van der Waals surface area contributed by atoms with Crippen molar-refractivity contribution in [1.82, 2.24) is 9.55 Å². The lowest BCUT2D eigenvalue weighted by atomic mass is 10.5. The Bertz CT molecular complexity index is 279. The largest absolute Gasteiger partial charge is 0.314 e. The van der Waals surface area contributed by atoms with E-state index in [0.717, 1.165) is 0 Å². The molecule has 4 heteroatoms. The molecule has 0 amide bonds. The molecule has 3 nitrogen and oxygen atoms in total. The summed E-state index contributed by atoms with van der Waals surface area (Å²) in [6.07, 6.45) is 1.63. The molecule has 0 aromatic carbocycles. The summed E-state index contributed by atoms with van der Waals surface area (Å²) in [4.78, 5) is 14.9. The fourth-order valence-electron chi connectivity index (χ4n) is 0.711. The highest BCUT2D eigenvalue weighted by Crippen LogP contribution is 2.00. The molecule has 0 aliphatic carbocycles. The van der Waals surface area contributed by atoms with Crippen LogP contribution in [0.4, 0.5) is 0 Å². The summed E-state index contributed by atoms with van der Waals surface area (Å²) in [5.74, 6) is 0. The van der Waals surface area contributed by atoms with Gasteiger partial charge in [0.1, 0.15) is 10.3 Å². The molecular weight excluding hydrogens is 196 g/mol. The zero-order chi connectivity index (χ0) is 7.72. The van der Waals surface area contributed by atoms with Crippen molar-refractivity contribution in [3.63, 3.8) is 0 Å². The van der Waals surface area contributed by atoms with Crippen molar-refractivity contribution in [3.8, 4) is 0 Å². The van der Waals surface area contributed by atoms with Crippen LogP contribution in [0, 0.1) is 6.92 Å². The van der Waals surface area contributed by atoms with Crippen molar-refractivity contribution >= 4 is 15.9 Å². The number of aryl methyl sites for hydroxylation is 2. The highest BCUT2D eigenvalue weighted by molar-refractivity contribution is 9.10. The van der Waals surface area contributed by atoms with E-state index in [4.69, 9.17) is 0 Å². The van der Waals surface area contributed by atoms with Crippen LogP contribution in [-0.4, -0.2) is 9.55 Å². The van der Waals surface area contributed by atoms with Gasteiger partial charge in [0.2, 0.25) is 0 Å². The van der Waals surface area contributed by atoms with Gasteiger partial charge in [0.05, 0.1) is 0 Å². The summed E-state index contributed by atoms with van der Waals surface area (Å²) in [6.45, 7) is 1.69. The maximum atomic E-state index is 11.0. The van der Waals surface area contributed by atoms with Crippen molar-refractivity contribution in [2.24, 2.45) is 7.05 Å². The van der Waals surface area contributed by atoms with Crippen LogP contribution in [0.25, 0.3) is 0 Å². The zero-order valence-electron chi connectivity index (χ0n) is 5.76. The Kier molecular flexibility index (Phi) is 1.89. The number of nitrogens with zero attached hydrogens (tertiary/aromatic N) is 2. The van der Waals surface area contributed by atoms with E-state index in [0.29, 0.717) is 10.3 Å². The standard InChI is InChI=1S/C6H7BrN2O/c1-4-6(10)9(2)3-5(7)8-4/h3H,1-2H3. The van der Waals surface area contributed by atoms with Crippen LogP contribution >= 0.6 is 15.9 Å². The van der Waals surface area contributed by atoms with Gasteiger partial charge in [-0.2, -0.15) is 0 Å². The highest BCUT2D eigenvalue weighted by Gasteiger charge is 1.97. The Morgan fingerprint density at radius 3 is 2.80 bits per heavy atom. The molecule has 54 valence electrons. The first-order valence-electron chi connectivity index (χ1n) is 2.81. The van der Waals surface area contributed by atoms with E-state index in [1.807, 2.05) is 0 Å². The number of aromatic nitrogens is 2. The summed E-state index contributed by atoms with van der Waals surface area (Å²) in [5, 5.41) is 0. The van der Waals surface area contributed by atoms with Gasteiger partial charge in [-0.15, -0.1) is 0 Å². The van der Waals surface area contributed by atoms with Gasteiger partial charge in [-0.25, -0.2) is 4.98 Å². The number of halogens is 1. The number of hydrogen-bond acceptors (Lipinski definition) is 2. The third kappa shape index (κ3) is 1.26. The molecule has 1 aromatic heterocycles. The van der Waals surface area contributed by atoms with Gasteiger partial charge in [0.25, 0.3) is 5.56 Å². The molecule has 1 heterocycles. The predicted octanol–water partition coefficient (Wildman–Crippen LogP) is 0.851. The van der Waals surface area contributed by atoms with Crippen molar-refractivity contribution in [1.29, 1.82) is 0 Å². The molecule has 1 aromatic rings. The van der Waals surface area contributed by atoms with Gasteiger partial charge in [-0.1, -0.05) is 0 Å². The minimum absolute atomic E-state index is 0.0526. The topological polar surface area (TPSA) is 34.9 Å². The van der Waals surface area contributed by atoms with Gasteiger partial charge in [-0.3, -0.25) is 4.79 Å². The Hall–Kier alpha value is -0.640. The molecule has 0 bridgehead atoms. The Labute approximate surface area is 66.8 Å². The monoisotopic (exact) mass is 202 g/mol. The third-order valence-corrected chi connectivity index (χ3v) is 1.59. The van der Waals surface area contributed by atoms with E-state index in [1.165, 1.54) is 4.57 Å². The summed E-state index contributed by atoms with van der Waals surface area (Å²) in [5.41, 5.74) is 0.458. The van der Waals surface area contributed by atoms with Crippen LogP contribution in [0.2, 0.25) is 0 Å². The average Bonchev–Trinajstić information content (AvgIpc) is 1.82. The van der Waals surface area contributed by atoms with E-state index in [-0.39, 0.29) is 5.56 Å². The van der Waals surface area contributed by atoms with Gasteiger partial charge in [0.15, 0.2) is 0 Å². The SMILES string of the molecule is Cc1nc(Br)cn(C)c1=O. The molecule has 10 heavy (non-hydrogen) atoms. The summed E-state index contributed by atoms with van der Waals surface area (Å²) < 4.78 is 2.18. The highest BCUT2D eigenvalue weighted by atomic mass is 79.9. The minimum atomic E-state index is -0.0526. The molecule has 0 spiro atoms. The van der Waals surface area contributed by atoms with Gasteiger partial charge in [-0.05, 0) is 22.9 Å². The summed E-state index contributed by atoms with van der Waals surface area (Å²) >= 11 is 3.18. The lowest BCUT2D eigenvalue weighted by Gasteiger charge is -1.97. The molecule has 0 atom stereocenters. The number of rotatable bonds is 0. The first-order chi connectivity index (χ1) is 4.61. The molecule has 0 radical (unpaired) electrons. The second-order valence-electron chi connectivity index (χ2n) is 2.07. The molecule has 0 N–H and O–H groups in total. The van der Waals surface area contributed by atoms with E-state index >= 15 is 0 Å². The van der Waals surface area contributed by atoms with Gasteiger partial charge in [0, 0.05) is 13.2 Å². The lowest BCUT2D eigenvalue weighted by Crippen LogP contribution is -2.19. The molecule has 0 aliphatic rings. The van der Waals surface area contributed by atoms with Crippen LogP contribution in [-0.2, 0) is 7.05 Å². The van der Waals surface area contributed by atoms with Gasteiger partial charge < -0.3 is 4.57 Å². The van der Waals surface area contributed by atoms with Crippen molar-refractivity contribution < 1.29 is 0 Å². The Morgan fingerprint density at radius 2 is 2.30 bits per heavy atom. The van der Waals surface area contributed by atoms with Crippen LogP contribution in [0.1, 0.15) is 5.69 Å². The van der Waals surface area contributed by atoms with Crippen molar-refractivity contribution in [3.05, 3.63) is 26.8 Å². The second-order valence-corrected chi connectivity index (χ2v) is 2.88. The summed E-state index contributed by atoms with van der Waals surface area (Å²) in [6, 6.07) is 0. The van der Waals surface area contributed by atoms with E-state index in [1.54, 1.807) is 20.2 Å². The first kappa shape index (κ1) is 7.47. The predicted molar refractivity (Wildman–Crippen MR) is 41.9 cm³/mol. The minimum Gasteiger partial charge on any atom is -0.314 e. The molecule has 0 aliphatic heterocycles. The molecule has 0 saturated carbocycles. The van der Waals surface area contributed by atoms with Crippen LogP contribution in [0.5, 0.6) is 0 Å². The molecule has 0 saturated heterocycles. The smallest absolute Gasteiger partial charge is 0.271 e. The van der Waals surface area contributed by atoms with Crippen LogP contribution < -0.4 is 5.56 Å². The van der Waals surface area contributed by atoms with Crippen molar-refractivity contribution in [2.45, 2.75) is 6.92 Å².